The molecule has 1 atom stereocenters. The van der Waals surface area contributed by atoms with Gasteiger partial charge in [0.2, 0.25) is 0 Å². The molecule has 2 aliphatic heterocycles. The van der Waals surface area contributed by atoms with Crippen LogP contribution in [0.25, 0.3) is 0 Å². The number of fused-ring (bicyclic) bond motifs is 1. The van der Waals surface area contributed by atoms with Crippen LogP contribution in [0.15, 0.2) is 24.3 Å². The summed E-state index contributed by atoms with van der Waals surface area (Å²) >= 11 is 0. The maximum Gasteiger partial charge on any atom is 0.304 e. The summed E-state index contributed by atoms with van der Waals surface area (Å²) in [6, 6.07) is 7.81. The van der Waals surface area contributed by atoms with E-state index in [0.29, 0.717) is 25.6 Å². The van der Waals surface area contributed by atoms with Crippen molar-refractivity contribution in [1.29, 1.82) is 0 Å². The Bertz CT molecular complexity index is 571. The molecule has 0 bridgehead atoms. The SMILES string of the molecule is CC1CCCN(S(=O)(=O)N2CCc3ccccc32)C1. The number of hydrogen-bond donors (Lipinski definition) is 0. The van der Waals surface area contributed by atoms with Crippen LogP contribution in [0.5, 0.6) is 0 Å². The molecule has 4 nitrogen and oxygen atoms in total. The van der Waals surface area contributed by atoms with Crippen LogP contribution in [0.4, 0.5) is 5.69 Å². The van der Waals surface area contributed by atoms with E-state index in [1.165, 1.54) is 0 Å². The molecule has 0 saturated carbocycles. The smallest absolute Gasteiger partial charge is 0.257 e. The van der Waals surface area contributed by atoms with Crippen LogP contribution in [0.3, 0.4) is 0 Å². The Kier molecular flexibility index (Phi) is 3.27. The maximum absolute atomic E-state index is 12.7. The number of para-hydroxylation sites is 1. The molecule has 1 aromatic carbocycles. The first-order valence-corrected chi connectivity index (χ1v) is 8.34. The van der Waals surface area contributed by atoms with Crippen LogP contribution in [-0.4, -0.2) is 32.4 Å². The Balaban J connectivity index is 1.90. The quantitative estimate of drug-likeness (QED) is 0.831. The van der Waals surface area contributed by atoms with E-state index >= 15 is 0 Å². The average Bonchev–Trinajstić information content (AvgIpc) is 2.83. The van der Waals surface area contributed by atoms with E-state index < -0.39 is 10.2 Å². The van der Waals surface area contributed by atoms with Crippen LogP contribution in [0.2, 0.25) is 0 Å². The predicted octanol–water partition coefficient (Wildman–Crippen LogP) is 2.03. The molecule has 1 saturated heterocycles. The molecule has 5 heteroatoms. The van der Waals surface area contributed by atoms with Crippen LogP contribution < -0.4 is 4.31 Å². The molecule has 2 aliphatic rings. The van der Waals surface area contributed by atoms with Crippen molar-refractivity contribution in [3.8, 4) is 0 Å². The molecule has 3 rings (SSSR count). The number of anilines is 1. The monoisotopic (exact) mass is 280 g/mol. The highest BCUT2D eigenvalue weighted by atomic mass is 32.2. The Labute approximate surface area is 115 Å². The standard InChI is InChI=1S/C14H20N2O2S/c1-12-5-4-9-15(11-12)19(17,18)16-10-8-13-6-2-3-7-14(13)16/h2-3,6-7,12H,4-5,8-11H2,1H3. The Morgan fingerprint density at radius 2 is 2.00 bits per heavy atom. The van der Waals surface area contributed by atoms with E-state index in [9.17, 15) is 8.42 Å². The molecule has 0 spiro atoms. The molecular formula is C14H20N2O2S. The first kappa shape index (κ1) is 12.9. The summed E-state index contributed by atoms with van der Waals surface area (Å²) in [4.78, 5) is 0. The van der Waals surface area contributed by atoms with Crippen molar-refractivity contribution in [1.82, 2.24) is 4.31 Å². The molecule has 2 heterocycles. The van der Waals surface area contributed by atoms with Gasteiger partial charge >= 0.3 is 10.2 Å². The van der Waals surface area contributed by atoms with Crippen LogP contribution in [0, 0.1) is 5.92 Å². The van der Waals surface area contributed by atoms with Gasteiger partial charge in [-0.1, -0.05) is 25.1 Å². The van der Waals surface area contributed by atoms with Crippen molar-refractivity contribution in [2.45, 2.75) is 26.2 Å². The van der Waals surface area contributed by atoms with Crippen molar-refractivity contribution >= 4 is 15.9 Å². The second-order valence-corrected chi connectivity index (χ2v) is 7.42. The Morgan fingerprint density at radius 3 is 2.79 bits per heavy atom. The zero-order chi connectivity index (χ0) is 13.5. The van der Waals surface area contributed by atoms with Crippen LogP contribution >= 0.6 is 0 Å². The van der Waals surface area contributed by atoms with E-state index in [2.05, 4.69) is 6.92 Å². The fourth-order valence-corrected chi connectivity index (χ4v) is 4.87. The second kappa shape index (κ2) is 4.80. The van der Waals surface area contributed by atoms with Crippen molar-refractivity contribution in [2.75, 3.05) is 23.9 Å². The lowest BCUT2D eigenvalue weighted by atomic mass is 10.0. The summed E-state index contributed by atoms with van der Waals surface area (Å²) in [6.07, 6.45) is 2.91. The van der Waals surface area contributed by atoms with Gasteiger partial charge in [0.25, 0.3) is 0 Å². The molecule has 1 fully saturated rings. The van der Waals surface area contributed by atoms with Crippen molar-refractivity contribution in [3.05, 3.63) is 29.8 Å². The highest BCUT2D eigenvalue weighted by Crippen LogP contribution is 2.32. The number of benzene rings is 1. The number of piperidine rings is 1. The van der Waals surface area contributed by atoms with Gasteiger partial charge in [0.15, 0.2) is 0 Å². The van der Waals surface area contributed by atoms with Gasteiger partial charge in [0.1, 0.15) is 0 Å². The van der Waals surface area contributed by atoms with Gasteiger partial charge < -0.3 is 0 Å². The summed E-state index contributed by atoms with van der Waals surface area (Å²) in [5.74, 6) is 0.460. The Morgan fingerprint density at radius 1 is 1.21 bits per heavy atom. The fourth-order valence-electron chi connectivity index (χ4n) is 3.04. The first-order valence-electron chi connectivity index (χ1n) is 6.95. The second-order valence-electron chi connectivity index (χ2n) is 5.56. The van der Waals surface area contributed by atoms with Gasteiger partial charge in [-0.05, 0) is 36.8 Å². The minimum absolute atomic E-state index is 0.460. The number of nitrogens with zero attached hydrogens (tertiary/aromatic N) is 2. The molecule has 104 valence electrons. The lowest BCUT2D eigenvalue weighted by Gasteiger charge is -2.33. The third-order valence-corrected chi connectivity index (χ3v) is 5.99. The molecule has 1 unspecified atom stereocenters. The molecule has 0 aromatic heterocycles. The van der Waals surface area contributed by atoms with Gasteiger partial charge in [-0.3, -0.25) is 4.31 Å². The Hall–Kier alpha value is -1.07. The first-order chi connectivity index (χ1) is 9.09. The molecular weight excluding hydrogens is 260 g/mol. The molecule has 0 amide bonds. The minimum Gasteiger partial charge on any atom is -0.257 e. The third kappa shape index (κ3) is 2.25. The summed E-state index contributed by atoms with van der Waals surface area (Å²) in [7, 11) is -3.34. The van der Waals surface area contributed by atoms with Crippen LogP contribution in [-0.2, 0) is 16.6 Å². The van der Waals surface area contributed by atoms with Gasteiger partial charge in [-0.15, -0.1) is 0 Å². The summed E-state index contributed by atoms with van der Waals surface area (Å²) < 4.78 is 28.7. The van der Waals surface area contributed by atoms with E-state index in [4.69, 9.17) is 0 Å². The van der Waals surface area contributed by atoms with Gasteiger partial charge in [-0.25, -0.2) is 0 Å². The minimum atomic E-state index is -3.34. The average molecular weight is 280 g/mol. The van der Waals surface area contributed by atoms with Gasteiger partial charge in [-0.2, -0.15) is 12.7 Å². The number of rotatable bonds is 2. The van der Waals surface area contributed by atoms with Gasteiger partial charge in [0, 0.05) is 19.6 Å². The highest BCUT2D eigenvalue weighted by molar-refractivity contribution is 7.90. The lowest BCUT2D eigenvalue weighted by molar-refractivity contribution is 0.280. The molecule has 0 radical (unpaired) electrons. The molecule has 0 N–H and O–H groups in total. The van der Waals surface area contributed by atoms with Crippen molar-refractivity contribution < 1.29 is 8.42 Å². The van der Waals surface area contributed by atoms with Crippen molar-refractivity contribution in [3.63, 3.8) is 0 Å². The van der Waals surface area contributed by atoms with Crippen LogP contribution in [0.1, 0.15) is 25.3 Å². The third-order valence-electron chi connectivity index (χ3n) is 4.07. The largest absolute Gasteiger partial charge is 0.304 e. The van der Waals surface area contributed by atoms with Gasteiger partial charge in [0.05, 0.1) is 5.69 Å². The maximum atomic E-state index is 12.7. The summed E-state index contributed by atoms with van der Waals surface area (Å²) in [6.45, 7) is 4.01. The zero-order valence-corrected chi connectivity index (χ0v) is 12.1. The summed E-state index contributed by atoms with van der Waals surface area (Å²) in [5.41, 5.74) is 2.00. The van der Waals surface area contributed by atoms with E-state index in [1.807, 2.05) is 24.3 Å². The summed E-state index contributed by atoms with van der Waals surface area (Å²) in [5, 5.41) is 0. The fraction of sp³-hybridized carbons (Fsp3) is 0.571. The van der Waals surface area contributed by atoms with E-state index in [-0.39, 0.29) is 0 Å². The van der Waals surface area contributed by atoms with Crippen molar-refractivity contribution in [2.24, 2.45) is 5.92 Å². The highest BCUT2D eigenvalue weighted by Gasteiger charge is 2.35. The normalized spacial score (nSPS) is 24.5. The van der Waals surface area contributed by atoms with E-state index in [1.54, 1.807) is 8.61 Å². The number of hydrogen-bond acceptors (Lipinski definition) is 2. The van der Waals surface area contributed by atoms with E-state index in [0.717, 1.165) is 30.5 Å². The molecule has 1 aromatic rings. The topological polar surface area (TPSA) is 40.6 Å². The molecule has 19 heavy (non-hydrogen) atoms. The zero-order valence-electron chi connectivity index (χ0n) is 11.2. The lowest BCUT2D eigenvalue weighted by Crippen LogP contribution is -2.47. The predicted molar refractivity (Wildman–Crippen MR) is 76.4 cm³/mol. The molecule has 0 aliphatic carbocycles.